The highest BCUT2D eigenvalue weighted by Crippen LogP contribution is 2.36. The molecule has 0 atom stereocenters. The molecule has 9 nitrogen and oxygen atoms in total. The number of hydrogen-bond donors (Lipinski definition) is 1. The number of nitrogens with zero attached hydrogens (tertiary/aromatic N) is 2. The second kappa shape index (κ2) is 11.2. The van der Waals surface area contributed by atoms with Crippen LogP contribution < -0.4 is 10.9 Å². The summed E-state index contributed by atoms with van der Waals surface area (Å²) in [5, 5.41) is 5.58. The molecule has 0 bridgehead atoms. The number of esters is 2. The van der Waals surface area contributed by atoms with Crippen LogP contribution in [0.1, 0.15) is 39.4 Å². The Morgan fingerprint density at radius 3 is 2.43 bits per heavy atom. The SMILES string of the molecule is CCOC(=O)c1sc2ncn(CC(=O)Nc3scc(-c4ccc(Cl)cc4)c3C(=O)OCC)c(=O)c2c1C. The molecule has 0 spiro atoms. The predicted octanol–water partition coefficient (Wildman–Crippen LogP) is 5.14. The van der Waals surface area contributed by atoms with Gasteiger partial charge in [0.1, 0.15) is 26.8 Å². The van der Waals surface area contributed by atoms with E-state index < -0.39 is 23.4 Å². The second-order valence-corrected chi connectivity index (χ2v) is 10.1. The maximum absolute atomic E-state index is 13.1. The molecule has 12 heteroatoms. The number of amides is 1. The Morgan fingerprint density at radius 2 is 1.76 bits per heavy atom. The highest BCUT2D eigenvalue weighted by molar-refractivity contribution is 7.20. The number of carbonyl (C=O) groups is 3. The average Bonchev–Trinajstić information content (AvgIpc) is 3.43. The van der Waals surface area contributed by atoms with Gasteiger partial charge in [0.15, 0.2) is 0 Å². The number of aryl methyl sites for hydroxylation is 1. The predicted molar refractivity (Wildman–Crippen MR) is 144 cm³/mol. The van der Waals surface area contributed by atoms with Gasteiger partial charge in [-0.05, 0) is 44.0 Å². The summed E-state index contributed by atoms with van der Waals surface area (Å²) in [5.74, 6) is -1.63. The van der Waals surface area contributed by atoms with E-state index in [0.717, 1.165) is 21.5 Å². The number of nitrogens with one attached hydrogen (secondary N) is 1. The molecule has 4 rings (SSSR count). The molecule has 0 aliphatic heterocycles. The minimum atomic E-state index is -0.579. The van der Waals surface area contributed by atoms with Gasteiger partial charge in [-0.1, -0.05) is 23.7 Å². The number of anilines is 1. The largest absolute Gasteiger partial charge is 0.462 e. The van der Waals surface area contributed by atoms with Gasteiger partial charge in [-0.15, -0.1) is 22.7 Å². The number of carbonyl (C=O) groups excluding carboxylic acids is 3. The highest BCUT2D eigenvalue weighted by atomic mass is 35.5. The van der Waals surface area contributed by atoms with E-state index in [-0.39, 0.29) is 30.7 Å². The van der Waals surface area contributed by atoms with Crippen LogP contribution in [0.15, 0.2) is 40.8 Å². The van der Waals surface area contributed by atoms with E-state index in [1.165, 1.54) is 17.7 Å². The molecule has 0 saturated carbocycles. The molecule has 1 N–H and O–H groups in total. The third-order valence-electron chi connectivity index (χ3n) is 5.37. The van der Waals surface area contributed by atoms with Gasteiger partial charge < -0.3 is 14.8 Å². The van der Waals surface area contributed by atoms with E-state index in [0.29, 0.717) is 30.9 Å². The van der Waals surface area contributed by atoms with Crippen molar-refractivity contribution in [2.75, 3.05) is 18.5 Å². The number of ether oxygens (including phenoxy) is 2. The maximum Gasteiger partial charge on any atom is 0.348 e. The fraction of sp³-hybridized carbons (Fsp3) is 0.240. The van der Waals surface area contributed by atoms with Gasteiger partial charge in [-0.25, -0.2) is 14.6 Å². The third kappa shape index (κ3) is 5.43. The zero-order valence-electron chi connectivity index (χ0n) is 20.1. The summed E-state index contributed by atoms with van der Waals surface area (Å²) in [5.41, 5.74) is 1.55. The lowest BCUT2D eigenvalue weighted by molar-refractivity contribution is -0.116. The minimum Gasteiger partial charge on any atom is -0.462 e. The maximum atomic E-state index is 13.1. The van der Waals surface area contributed by atoms with Crippen LogP contribution in [0.5, 0.6) is 0 Å². The van der Waals surface area contributed by atoms with Gasteiger partial charge in [0.2, 0.25) is 5.91 Å². The van der Waals surface area contributed by atoms with Crippen LogP contribution in [-0.4, -0.2) is 40.6 Å². The van der Waals surface area contributed by atoms with Crippen molar-refractivity contribution >= 4 is 67.3 Å². The number of rotatable bonds is 8. The first kappa shape index (κ1) is 26.5. The Balaban J connectivity index is 1.63. The second-order valence-electron chi connectivity index (χ2n) is 7.76. The average molecular weight is 560 g/mol. The van der Waals surface area contributed by atoms with E-state index >= 15 is 0 Å². The van der Waals surface area contributed by atoms with E-state index in [1.54, 1.807) is 50.4 Å². The zero-order chi connectivity index (χ0) is 26.7. The molecule has 0 aliphatic rings. The van der Waals surface area contributed by atoms with Gasteiger partial charge in [-0.3, -0.25) is 14.2 Å². The van der Waals surface area contributed by atoms with Crippen molar-refractivity contribution in [3.63, 3.8) is 0 Å². The molecule has 0 fully saturated rings. The van der Waals surface area contributed by atoms with Crippen LogP contribution >= 0.6 is 34.3 Å². The van der Waals surface area contributed by atoms with Crippen molar-refractivity contribution in [3.05, 3.63) is 67.4 Å². The number of fused-ring (bicyclic) bond motifs is 1. The molecule has 3 heterocycles. The fourth-order valence-corrected chi connectivity index (χ4v) is 5.81. The van der Waals surface area contributed by atoms with E-state index in [2.05, 4.69) is 10.3 Å². The Hall–Kier alpha value is -3.54. The lowest BCUT2D eigenvalue weighted by Crippen LogP contribution is -2.28. The number of benzene rings is 1. The molecule has 1 aromatic carbocycles. The number of halogens is 1. The molecular weight excluding hydrogens is 538 g/mol. The van der Waals surface area contributed by atoms with Crippen LogP contribution in [0.2, 0.25) is 5.02 Å². The van der Waals surface area contributed by atoms with Crippen LogP contribution in [0.25, 0.3) is 21.3 Å². The van der Waals surface area contributed by atoms with Crippen molar-refractivity contribution in [3.8, 4) is 11.1 Å². The molecule has 4 aromatic rings. The first-order valence-corrected chi connectivity index (χ1v) is 13.3. The van der Waals surface area contributed by atoms with Crippen molar-refractivity contribution < 1.29 is 23.9 Å². The summed E-state index contributed by atoms with van der Waals surface area (Å²) in [6.07, 6.45) is 1.26. The summed E-state index contributed by atoms with van der Waals surface area (Å²) in [6.45, 7) is 5.07. The minimum absolute atomic E-state index is 0.164. The first-order valence-electron chi connectivity index (χ1n) is 11.2. The van der Waals surface area contributed by atoms with Crippen molar-refractivity contribution in [1.82, 2.24) is 9.55 Å². The smallest absolute Gasteiger partial charge is 0.348 e. The van der Waals surface area contributed by atoms with E-state index in [4.69, 9.17) is 21.1 Å². The fourth-order valence-electron chi connectivity index (χ4n) is 3.68. The Kier molecular flexibility index (Phi) is 8.06. The van der Waals surface area contributed by atoms with Crippen molar-refractivity contribution in [2.45, 2.75) is 27.3 Å². The van der Waals surface area contributed by atoms with Crippen LogP contribution in [0.4, 0.5) is 5.00 Å². The standard InChI is InChI=1S/C25H22ClN3O6S2/c1-4-34-24(32)19-16(14-6-8-15(26)9-7-14)11-36-22(19)28-17(30)10-29-12-27-21-18(23(29)31)13(3)20(37-21)25(33)35-5-2/h6-9,11-12H,4-5,10H2,1-3H3,(H,28,30). The van der Waals surface area contributed by atoms with Crippen LogP contribution in [0.3, 0.4) is 0 Å². The first-order chi connectivity index (χ1) is 17.7. The molecule has 1 amide bonds. The summed E-state index contributed by atoms with van der Waals surface area (Å²) in [6, 6.07) is 6.95. The monoisotopic (exact) mass is 559 g/mol. The zero-order valence-corrected chi connectivity index (χ0v) is 22.5. The van der Waals surface area contributed by atoms with Gasteiger partial charge in [0.25, 0.3) is 5.56 Å². The molecule has 0 radical (unpaired) electrons. The van der Waals surface area contributed by atoms with Crippen molar-refractivity contribution in [2.24, 2.45) is 0 Å². The molecule has 192 valence electrons. The summed E-state index contributed by atoms with van der Waals surface area (Å²) in [7, 11) is 0. The Bertz CT molecular complexity index is 1560. The third-order valence-corrected chi connectivity index (χ3v) is 7.70. The summed E-state index contributed by atoms with van der Waals surface area (Å²) in [4.78, 5) is 56.0. The number of aromatic nitrogens is 2. The Labute approximate surface area is 224 Å². The lowest BCUT2D eigenvalue weighted by Gasteiger charge is -2.10. The molecule has 0 unspecified atom stereocenters. The molecule has 37 heavy (non-hydrogen) atoms. The molecule has 3 aromatic heterocycles. The van der Waals surface area contributed by atoms with E-state index in [9.17, 15) is 19.2 Å². The molecular formula is C25H22ClN3O6S2. The van der Waals surface area contributed by atoms with Gasteiger partial charge in [0, 0.05) is 16.0 Å². The topological polar surface area (TPSA) is 117 Å². The van der Waals surface area contributed by atoms with Gasteiger partial charge >= 0.3 is 11.9 Å². The summed E-state index contributed by atoms with van der Waals surface area (Å²) >= 11 is 8.23. The van der Waals surface area contributed by atoms with Crippen LogP contribution in [-0.2, 0) is 20.8 Å². The normalized spacial score (nSPS) is 10.9. The molecule has 0 saturated heterocycles. The summed E-state index contributed by atoms with van der Waals surface area (Å²) < 4.78 is 11.4. The lowest BCUT2D eigenvalue weighted by atomic mass is 10.0. The van der Waals surface area contributed by atoms with Crippen LogP contribution in [0, 0.1) is 6.92 Å². The van der Waals surface area contributed by atoms with Gasteiger partial charge in [0.05, 0.1) is 24.9 Å². The van der Waals surface area contributed by atoms with E-state index in [1.807, 2.05) is 0 Å². The quantitative estimate of drug-likeness (QED) is 0.297. The highest BCUT2D eigenvalue weighted by Gasteiger charge is 2.24. The van der Waals surface area contributed by atoms with Crippen molar-refractivity contribution in [1.29, 1.82) is 0 Å². The number of hydrogen-bond acceptors (Lipinski definition) is 9. The van der Waals surface area contributed by atoms with Gasteiger partial charge in [-0.2, -0.15) is 0 Å². The Morgan fingerprint density at radius 1 is 1.08 bits per heavy atom. The molecule has 0 aliphatic carbocycles. The number of thiophene rings is 2.